The van der Waals surface area contributed by atoms with Gasteiger partial charge in [-0.15, -0.1) is 0 Å². The van der Waals surface area contributed by atoms with Gasteiger partial charge in [-0.1, -0.05) is 20.8 Å². The van der Waals surface area contributed by atoms with E-state index in [1.165, 1.54) is 12.1 Å². The maximum Gasteiger partial charge on any atom is 0.225 e. The summed E-state index contributed by atoms with van der Waals surface area (Å²) in [5.74, 6) is 0.173. The highest BCUT2D eigenvalue weighted by atomic mass is 19.1. The van der Waals surface area contributed by atoms with E-state index < -0.39 is 5.41 Å². The van der Waals surface area contributed by atoms with E-state index in [0.717, 1.165) is 0 Å². The molecule has 0 saturated carbocycles. The van der Waals surface area contributed by atoms with Crippen molar-refractivity contribution in [3.8, 4) is 5.75 Å². The van der Waals surface area contributed by atoms with Crippen molar-refractivity contribution < 1.29 is 18.7 Å². The molecule has 1 N–H and O–H groups in total. The highest BCUT2D eigenvalue weighted by Crippen LogP contribution is 2.29. The zero-order valence-electron chi connectivity index (χ0n) is 11.4. The summed E-state index contributed by atoms with van der Waals surface area (Å²) in [6, 6.07) is 2.77. The van der Waals surface area contributed by atoms with Gasteiger partial charge in [0.05, 0.1) is 6.61 Å². The molecule has 0 unspecified atom stereocenters. The van der Waals surface area contributed by atoms with Crippen LogP contribution in [0.25, 0.3) is 0 Å². The molecule has 0 atom stereocenters. The monoisotopic (exact) mass is 267 g/mol. The van der Waals surface area contributed by atoms with Crippen molar-refractivity contribution in [2.75, 3.05) is 6.79 Å². The van der Waals surface area contributed by atoms with Crippen LogP contribution >= 0.6 is 0 Å². The third-order valence-corrected chi connectivity index (χ3v) is 2.87. The lowest BCUT2D eigenvalue weighted by atomic mass is 9.95. The fourth-order valence-electron chi connectivity index (χ4n) is 1.83. The molecule has 19 heavy (non-hydrogen) atoms. The van der Waals surface area contributed by atoms with E-state index in [4.69, 9.17) is 9.47 Å². The highest BCUT2D eigenvalue weighted by Gasteiger charge is 2.22. The number of benzene rings is 1. The van der Waals surface area contributed by atoms with Crippen LogP contribution in [0.2, 0.25) is 0 Å². The number of nitrogens with one attached hydrogen (secondary N) is 1. The summed E-state index contributed by atoms with van der Waals surface area (Å²) in [6.45, 7) is 6.21. The topological polar surface area (TPSA) is 47.6 Å². The number of carbonyl (C=O) groups is 1. The lowest BCUT2D eigenvalue weighted by Gasteiger charge is -2.22. The second-order valence-electron chi connectivity index (χ2n) is 5.60. The molecule has 0 fully saturated rings. The second kappa shape index (κ2) is 5.17. The van der Waals surface area contributed by atoms with E-state index in [1.54, 1.807) is 0 Å². The molecule has 1 heterocycles. The van der Waals surface area contributed by atoms with Gasteiger partial charge < -0.3 is 14.8 Å². The molecule has 0 saturated heterocycles. The molecule has 2 rings (SSSR count). The Morgan fingerprint density at radius 3 is 2.84 bits per heavy atom. The fourth-order valence-corrected chi connectivity index (χ4v) is 1.83. The van der Waals surface area contributed by atoms with Crippen molar-refractivity contribution in [1.29, 1.82) is 0 Å². The molecule has 4 nitrogen and oxygen atoms in total. The van der Waals surface area contributed by atoms with Crippen molar-refractivity contribution in [1.82, 2.24) is 5.32 Å². The maximum absolute atomic E-state index is 13.5. The Hall–Kier alpha value is -1.62. The smallest absolute Gasteiger partial charge is 0.225 e. The van der Waals surface area contributed by atoms with Crippen LogP contribution in [0.1, 0.15) is 31.9 Å². The first-order valence-electron chi connectivity index (χ1n) is 6.18. The van der Waals surface area contributed by atoms with E-state index >= 15 is 0 Å². The summed E-state index contributed by atoms with van der Waals surface area (Å²) in [6.07, 6.45) is 0. The Morgan fingerprint density at radius 2 is 2.16 bits per heavy atom. The largest absolute Gasteiger partial charge is 0.467 e. The summed E-state index contributed by atoms with van der Waals surface area (Å²) in [4.78, 5) is 11.8. The normalized spacial score (nSPS) is 14.5. The first-order valence-corrected chi connectivity index (χ1v) is 6.18. The number of fused-ring (bicyclic) bond motifs is 1. The zero-order valence-corrected chi connectivity index (χ0v) is 11.4. The molecule has 1 aromatic rings. The summed E-state index contributed by atoms with van der Waals surface area (Å²) >= 11 is 0. The first kappa shape index (κ1) is 13.8. The van der Waals surface area contributed by atoms with Gasteiger partial charge >= 0.3 is 0 Å². The number of hydrogen-bond donors (Lipinski definition) is 1. The number of amides is 1. The molecule has 1 aliphatic rings. The van der Waals surface area contributed by atoms with Crippen molar-refractivity contribution in [2.45, 2.75) is 33.9 Å². The molecule has 0 aromatic heterocycles. The average Bonchev–Trinajstić information content (AvgIpc) is 2.34. The van der Waals surface area contributed by atoms with Crippen LogP contribution in [0.15, 0.2) is 12.1 Å². The van der Waals surface area contributed by atoms with Crippen LogP contribution in [0, 0.1) is 11.2 Å². The second-order valence-corrected chi connectivity index (χ2v) is 5.60. The molecule has 0 bridgehead atoms. The molecule has 0 spiro atoms. The molecular formula is C14H18FNO3. The number of carbonyl (C=O) groups excluding carboxylic acids is 1. The van der Waals surface area contributed by atoms with E-state index in [0.29, 0.717) is 23.5 Å². The van der Waals surface area contributed by atoms with E-state index in [2.05, 4.69) is 5.32 Å². The molecule has 5 heteroatoms. The molecule has 0 aliphatic carbocycles. The number of halogens is 1. The van der Waals surface area contributed by atoms with Gasteiger partial charge in [-0.25, -0.2) is 4.39 Å². The van der Waals surface area contributed by atoms with Crippen molar-refractivity contribution in [3.63, 3.8) is 0 Å². The van der Waals surface area contributed by atoms with Crippen LogP contribution in [0.5, 0.6) is 5.75 Å². The van der Waals surface area contributed by atoms with Gasteiger partial charge in [0, 0.05) is 23.1 Å². The molecule has 1 amide bonds. The third kappa shape index (κ3) is 3.23. The van der Waals surface area contributed by atoms with Crippen LogP contribution < -0.4 is 10.1 Å². The quantitative estimate of drug-likeness (QED) is 0.894. The Labute approximate surface area is 111 Å². The Morgan fingerprint density at radius 1 is 1.42 bits per heavy atom. The lowest BCUT2D eigenvalue weighted by molar-refractivity contribution is -0.128. The number of ether oxygens (including phenoxy) is 2. The minimum Gasteiger partial charge on any atom is -0.467 e. The van der Waals surface area contributed by atoms with Crippen LogP contribution in [-0.2, 0) is 22.7 Å². The average molecular weight is 267 g/mol. The lowest BCUT2D eigenvalue weighted by Crippen LogP contribution is -2.34. The van der Waals surface area contributed by atoms with Crippen LogP contribution in [0.4, 0.5) is 4.39 Å². The van der Waals surface area contributed by atoms with Crippen molar-refractivity contribution in [2.24, 2.45) is 5.41 Å². The first-order chi connectivity index (χ1) is 8.88. The maximum atomic E-state index is 13.5. The van der Waals surface area contributed by atoms with Gasteiger partial charge in [-0.05, 0) is 12.1 Å². The van der Waals surface area contributed by atoms with Crippen LogP contribution in [-0.4, -0.2) is 12.7 Å². The zero-order chi connectivity index (χ0) is 14.0. The Kier molecular flexibility index (Phi) is 3.75. The Balaban J connectivity index is 2.16. The van der Waals surface area contributed by atoms with Gasteiger partial charge in [0.2, 0.25) is 5.91 Å². The summed E-state index contributed by atoms with van der Waals surface area (Å²) in [5, 5.41) is 2.79. The number of hydrogen-bond acceptors (Lipinski definition) is 3. The number of rotatable bonds is 2. The highest BCUT2D eigenvalue weighted by molar-refractivity contribution is 5.81. The van der Waals surface area contributed by atoms with Gasteiger partial charge in [-0.3, -0.25) is 4.79 Å². The van der Waals surface area contributed by atoms with Crippen molar-refractivity contribution >= 4 is 5.91 Å². The summed E-state index contributed by atoms with van der Waals surface area (Å²) < 4.78 is 24.0. The molecule has 0 radical (unpaired) electrons. The SMILES string of the molecule is CC(C)(C)C(=O)NCc1cc(F)cc2c1OCOC2. The van der Waals surface area contributed by atoms with Gasteiger partial charge in [-0.2, -0.15) is 0 Å². The van der Waals surface area contributed by atoms with E-state index in [9.17, 15) is 9.18 Å². The molecule has 1 aromatic carbocycles. The molecule has 1 aliphatic heterocycles. The third-order valence-electron chi connectivity index (χ3n) is 2.87. The van der Waals surface area contributed by atoms with Gasteiger partial charge in [0.1, 0.15) is 11.6 Å². The minimum absolute atomic E-state index is 0.0856. The minimum atomic E-state index is -0.475. The predicted octanol–water partition coefficient (Wildman–Crippen LogP) is 2.35. The predicted molar refractivity (Wildman–Crippen MR) is 68.0 cm³/mol. The van der Waals surface area contributed by atoms with Crippen LogP contribution in [0.3, 0.4) is 0 Å². The Bertz CT molecular complexity index is 494. The van der Waals surface area contributed by atoms with E-state index in [-0.39, 0.29) is 25.1 Å². The van der Waals surface area contributed by atoms with Crippen molar-refractivity contribution in [3.05, 3.63) is 29.1 Å². The fraction of sp³-hybridized carbons (Fsp3) is 0.500. The van der Waals surface area contributed by atoms with E-state index in [1.807, 2.05) is 20.8 Å². The van der Waals surface area contributed by atoms with Gasteiger partial charge in [0.15, 0.2) is 6.79 Å². The molecular weight excluding hydrogens is 249 g/mol. The summed E-state index contributed by atoms with van der Waals surface area (Å²) in [7, 11) is 0. The standard InChI is InChI=1S/C14H18FNO3/c1-14(2,3)13(17)16-6-9-4-11(15)5-10-7-18-8-19-12(9)10/h4-5H,6-8H2,1-3H3,(H,16,17). The van der Waals surface area contributed by atoms with Gasteiger partial charge in [0.25, 0.3) is 0 Å². The summed E-state index contributed by atoms with van der Waals surface area (Å²) in [5.41, 5.74) is 0.833. The molecule has 104 valence electrons.